The molecular formula is C34H40N2NaO6S+. The van der Waals surface area contributed by atoms with Gasteiger partial charge in [0.25, 0.3) is 0 Å². The van der Waals surface area contributed by atoms with Crippen molar-refractivity contribution in [2.75, 3.05) is 23.7 Å². The summed E-state index contributed by atoms with van der Waals surface area (Å²) in [6, 6.07) is 10.6. The van der Waals surface area contributed by atoms with E-state index < -0.39 is 27.4 Å². The Kier molecular flexibility index (Phi) is 8.79. The average Bonchev–Trinajstić information content (AvgIpc) is 3.13. The summed E-state index contributed by atoms with van der Waals surface area (Å²) >= 11 is 0. The number of hydrogen-bond donors (Lipinski definition) is 1. The van der Waals surface area contributed by atoms with E-state index in [4.69, 9.17) is 9.84 Å². The standard InChI is InChI=1S/C34H40N2O6S.Na/c1-21-10-11-27-26(15-21)34(4,5)32-25-17-22-16-24-23(20-43(39,40)41)19-33(2,3)36(13-8-6-7-9-31(37)38)28(24)18-30(22)42-29(25)12-14-35(27)32;/h10-11,15-19,29H,6-9,12-14,20H2,1-5H3,(H-,37,38,39,40,41);/q;+1. The van der Waals surface area contributed by atoms with Crippen molar-refractivity contribution >= 4 is 44.8 Å². The minimum Gasteiger partial charge on any atom is -0.748 e. The van der Waals surface area contributed by atoms with Crippen molar-refractivity contribution in [3.8, 4) is 5.75 Å². The van der Waals surface area contributed by atoms with Gasteiger partial charge in [-0.2, -0.15) is 4.58 Å². The zero-order valence-electron chi connectivity index (χ0n) is 26.6. The summed E-state index contributed by atoms with van der Waals surface area (Å²) in [6.45, 7) is 12.2. The second kappa shape index (κ2) is 11.7. The van der Waals surface area contributed by atoms with E-state index in [0.29, 0.717) is 18.5 Å². The summed E-state index contributed by atoms with van der Waals surface area (Å²) in [5.74, 6) is -0.625. The topological polar surface area (TPSA) is 110 Å². The van der Waals surface area contributed by atoms with E-state index in [9.17, 15) is 17.8 Å². The number of unbranched alkanes of at least 4 members (excludes halogenated alkanes) is 2. The number of carboxylic acids is 1. The molecule has 0 saturated carbocycles. The number of aryl methyl sites for hydroxylation is 1. The van der Waals surface area contributed by atoms with Gasteiger partial charge in [-0.3, -0.25) is 4.79 Å². The van der Waals surface area contributed by atoms with Crippen LogP contribution < -0.4 is 39.2 Å². The van der Waals surface area contributed by atoms with Crippen molar-refractivity contribution in [1.82, 2.24) is 0 Å². The Morgan fingerprint density at radius 2 is 1.89 bits per heavy atom. The Morgan fingerprint density at radius 3 is 2.59 bits per heavy atom. The summed E-state index contributed by atoms with van der Waals surface area (Å²) in [5, 5.41) is 9.01. The average molecular weight is 628 g/mol. The molecule has 0 amide bonds. The number of benzene rings is 2. The summed E-state index contributed by atoms with van der Waals surface area (Å²) in [6.07, 6.45) is 7.13. The van der Waals surface area contributed by atoms with Crippen molar-refractivity contribution in [3.05, 3.63) is 64.2 Å². The molecule has 0 saturated heterocycles. The maximum Gasteiger partial charge on any atom is 1.00 e. The third-order valence-electron chi connectivity index (χ3n) is 9.39. The van der Waals surface area contributed by atoms with Crippen LogP contribution in [0.3, 0.4) is 0 Å². The van der Waals surface area contributed by atoms with E-state index >= 15 is 0 Å². The summed E-state index contributed by atoms with van der Waals surface area (Å²) in [7, 11) is -4.52. The maximum atomic E-state index is 12.0. The van der Waals surface area contributed by atoms with Gasteiger partial charge in [-0.25, -0.2) is 8.42 Å². The van der Waals surface area contributed by atoms with Crippen LogP contribution in [0.4, 0.5) is 11.4 Å². The van der Waals surface area contributed by atoms with Crippen LogP contribution in [-0.4, -0.2) is 64.8 Å². The van der Waals surface area contributed by atoms with Crippen molar-refractivity contribution < 1.29 is 61.7 Å². The second-order valence-corrected chi connectivity index (χ2v) is 14.8. The number of fused-ring (bicyclic) bond motifs is 6. The van der Waals surface area contributed by atoms with E-state index in [1.165, 1.54) is 22.5 Å². The first-order chi connectivity index (χ1) is 20.2. The zero-order valence-corrected chi connectivity index (χ0v) is 29.4. The van der Waals surface area contributed by atoms with Gasteiger partial charge in [-0.05, 0) is 71.2 Å². The van der Waals surface area contributed by atoms with E-state index in [1.807, 2.05) is 32.1 Å². The van der Waals surface area contributed by atoms with E-state index in [1.54, 1.807) is 0 Å². The van der Waals surface area contributed by atoms with Gasteiger partial charge >= 0.3 is 35.5 Å². The molecule has 0 fully saturated rings. The Balaban J connectivity index is 0.00000384. The minimum absolute atomic E-state index is 0. The van der Waals surface area contributed by atoms with Gasteiger partial charge < -0.3 is 19.3 Å². The van der Waals surface area contributed by atoms with Crippen LogP contribution in [-0.2, 0) is 20.3 Å². The van der Waals surface area contributed by atoms with Crippen LogP contribution >= 0.6 is 0 Å². The number of ether oxygens (including phenoxy) is 1. The predicted octanol–water partition coefficient (Wildman–Crippen LogP) is 2.80. The van der Waals surface area contributed by atoms with Crippen molar-refractivity contribution in [3.63, 3.8) is 0 Å². The van der Waals surface area contributed by atoms with Crippen molar-refractivity contribution in [2.45, 2.75) is 83.8 Å². The number of carboxylic acid groups (broad SMARTS) is 1. The van der Waals surface area contributed by atoms with Gasteiger partial charge in [0, 0.05) is 53.9 Å². The Labute approximate surface area is 282 Å². The third kappa shape index (κ3) is 5.94. The van der Waals surface area contributed by atoms with Gasteiger partial charge in [0.15, 0.2) is 12.3 Å². The molecule has 2 aromatic rings. The molecule has 2 aromatic carbocycles. The van der Waals surface area contributed by atoms with Crippen LogP contribution in [0.5, 0.6) is 5.75 Å². The fourth-order valence-corrected chi connectivity index (χ4v) is 8.11. The molecule has 1 N–H and O–H groups in total. The second-order valence-electron chi connectivity index (χ2n) is 13.4. The SMILES string of the molecule is Cc1ccc2c(c1)C(C)(C)C1=[N+]2CCC2Oc3cc4c(cc3C=C12)C(CS(=O)(=O)[O-])=CC(C)(C)N4CCCCCC(=O)O.[Na+]. The molecule has 0 spiro atoms. The zero-order chi connectivity index (χ0) is 30.9. The largest absolute Gasteiger partial charge is 1.00 e. The van der Waals surface area contributed by atoms with Gasteiger partial charge in [0.05, 0.1) is 32.4 Å². The monoisotopic (exact) mass is 627 g/mol. The first-order valence-electron chi connectivity index (χ1n) is 15.1. The molecule has 4 aliphatic heterocycles. The fourth-order valence-electron chi connectivity index (χ4n) is 7.49. The van der Waals surface area contributed by atoms with Crippen LogP contribution in [0.1, 0.15) is 82.1 Å². The molecule has 10 heteroatoms. The molecule has 6 rings (SSSR count). The van der Waals surface area contributed by atoms with Gasteiger partial charge in [0.1, 0.15) is 11.9 Å². The Bertz CT molecular complexity index is 1740. The van der Waals surface area contributed by atoms with Crippen LogP contribution in [0, 0.1) is 6.92 Å². The van der Waals surface area contributed by atoms with Crippen LogP contribution in [0.2, 0.25) is 0 Å². The molecule has 44 heavy (non-hydrogen) atoms. The molecule has 0 radical (unpaired) electrons. The number of hydrogen-bond acceptors (Lipinski definition) is 6. The summed E-state index contributed by atoms with van der Waals surface area (Å²) < 4.78 is 45.2. The maximum absolute atomic E-state index is 12.0. The number of carbonyl (C=O) groups is 1. The first kappa shape index (κ1) is 32.9. The predicted molar refractivity (Wildman–Crippen MR) is 168 cm³/mol. The molecular weight excluding hydrogens is 587 g/mol. The summed E-state index contributed by atoms with van der Waals surface area (Å²) in [4.78, 5) is 13.2. The smallest absolute Gasteiger partial charge is 0.748 e. The molecule has 4 aliphatic rings. The molecule has 1 unspecified atom stereocenters. The quantitative estimate of drug-likeness (QED) is 0.208. The number of nitrogens with zero attached hydrogens (tertiary/aromatic N) is 2. The number of rotatable bonds is 8. The molecule has 0 bridgehead atoms. The van der Waals surface area contributed by atoms with Gasteiger partial charge in [-0.15, -0.1) is 0 Å². The van der Waals surface area contributed by atoms with E-state index in [2.05, 4.69) is 54.5 Å². The van der Waals surface area contributed by atoms with Crippen LogP contribution in [0.25, 0.3) is 11.6 Å². The van der Waals surface area contributed by atoms with Crippen molar-refractivity contribution in [2.24, 2.45) is 0 Å². The molecule has 0 aliphatic carbocycles. The van der Waals surface area contributed by atoms with E-state index in [-0.39, 0.29) is 47.5 Å². The summed E-state index contributed by atoms with van der Waals surface area (Å²) in [5.41, 5.74) is 8.36. The van der Waals surface area contributed by atoms with Gasteiger partial charge in [0.2, 0.25) is 5.69 Å². The molecule has 1 atom stereocenters. The fraction of sp³-hybridized carbons (Fsp3) is 0.471. The first-order valence-corrected chi connectivity index (χ1v) is 16.7. The van der Waals surface area contributed by atoms with E-state index in [0.717, 1.165) is 53.9 Å². The number of aliphatic carboxylic acids is 1. The van der Waals surface area contributed by atoms with Crippen LogP contribution in [0.15, 0.2) is 42.0 Å². The Morgan fingerprint density at radius 1 is 1.14 bits per heavy atom. The third-order valence-corrected chi connectivity index (χ3v) is 10.1. The molecule has 8 nitrogen and oxygen atoms in total. The molecule has 0 aromatic heterocycles. The normalized spacial score (nSPS) is 20.6. The number of anilines is 1. The Hall–Kier alpha value is -2.43. The molecule has 228 valence electrons. The van der Waals surface area contributed by atoms with Crippen molar-refractivity contribution in [1.29, 1.82) is 0 Å². The van der Waals surface area contributed by atoms with Gasteiger partial charge in [-0.1, -0.05) is 24.1 Å². The molecule has 4 heterocycles. The minimum atomic E-state index is -4.52.